The summed E-state index contributed by atoms with van der Waals surface area (Å²) in [7, 11) is 1.64. The van der Waals surface area contributed by atoms with E-state index in [0.29, 0.717) is 18.7 Å². The highest BCUT2D eigenvalue weighted by Gasteiger charge is 2.05. The molecule has 0 radical (unpaired) electrons. The fourth-order valence-electron chi connectivity index (χ4n) is 2.98. The second kappa shape index (κ2) is 13.8. The van der Waals surface area contributed by atoms with Crippen molar-refractivity contribution in [1.29, 1.82) is 0 Å². The van der Waals surface area contributed by atoms with Crippen LogP contribution in [0.25, 0.3) is 0 Å². The maximum absolute atomic E-state index is 11.8. The standard InChI is InChI=1S/C23H32N4O2.HI/c1-5-25-23(27-16-19-10-11-21(29-6-2)17(3)14-19)26-13-12-18-8-7-9-20(15-18)22(28)24-4;/h7-11,14-15H,5-6,12-13,16H2,1-4H3,(H,24,28)(H2,25,26,27);1H. The first-order valence-electron chi connectivity index (χ1n) is 10.1. The Balaban J connectivity index is 0.00000450. The van der Waals surface area contributed by atoms with E-state index in [2.05, 4.69) is 40.0 Å². The lowest BCUT2D eigenvalue weighted by atomic mass is 10.1. The van der Waals surface area contributed by atoms with Gasteiger partial charge in [0.15, 0.2) is 5.96 Å². The second-order valence-electron chi connectivity index (χ2n) is 6.68. The van der Waals surface area contributed by atoms with Gasteiger partial charge in [-0.15, -0.1) is 24.0 Å². The Morgan fingerprint density at radius 2 is 1.87 bits per heavy atom. The third-order valence-electron chi connectivity index (χ3n) is 4.43. The van der Waals surface area contributed by atoms with Crippen LogP contribution < -0.4 is 20.7 Å². The van der Waals surface area contributed by atoms with Crippen LogP contribution in [0.5, 0.6) is 5.75 Å². The summed E-state index contributed by atoms with van der Waals surface area (Å²) < 4.78 is 5.60. The molecule has 7 heteroatoms. The molecule has 2 aromatic carbocycles. The molecule has 0 bridgehead atoms. The summed E-state index contributed by atoms with van der Waals surface area (Å²) in [6, 6.07) is 13.9. The number of benzene rings is 2. The minimum atomic E-state index is -0.0691. The first kappa shape index (κ1) is 25.7. The minimum Gasteiger partial charge on any atom is -0.494 e. The molecule has 0 fully saturated rings. The van der Waals surface area contributed by atoms with Gasteiger partial charge in [-0.2, -0.15) is 0 Å². The number of aliphatic imine (C=N–C) groups is 1. The number of halogens is 1. The van der Waals surface area contributed by atoms with Gasteiger partial charge in [-0.1, -0.05) is 24.3 Å². The Morgan fingerprint density at radius 1 is 1.07 bits per heavy atom. The molecule has 0 unspecified atom stereocenters. The highest BCUT2D eigenvalue weighted by atomic mass is 127. The molecule has 3 N–H and O–H groups in total. The highest BCUT2D eigenvalue weighted by Crippen LogP contribution is 2.19. The van der Waals surface area contributed by atoms with Crippen LogP contribution in [0.1, 0.15) is 40.9 Å². The van der Waals surface area contributed by atoms with Gasteiger partial charge in [0, 0.05) is 25.7 Å². The number of hydrogen-bond donors (Lipinski definition) is 3. The van der Waals surface area contributed by atoms with Crippen molar-refractivity contribution in [3.8, 4) is 5.75 Å². The van der Waals surface area contributed by atoms with Crippen molar-refractivity contribution >= 4 is 35.8 Å². The quantitative estimate of drug-likeness (QED) is 0.266. The molecule has 30 heavy (non-hydrogen) atoms. The van der Waals surface area contributed by atoms with Crippen LogP contribution in [-0.4, -0.2) is 38.6 Å². The summed E-state index contributed by atoms with van der Waals surface area (Å²) in [6.07, 6.45) is 0.803. The van der Waals surface area contributed by atoms with Crippen LogP contribution in [-0.2, 0) is 13.0 Å². The number of rotatable bonds is 9. The van der Waals surface area contributed by atoms with Crippen LogP contribution in [0.15, 0.2) is 47.5 Å². The zero-order valence-electron chi connectivity index (χ0n) is 18.2. The molecule has 164 valence electrons. The van der Waals surface area contributed by atoms with Gasteiger partial charge in [-0.05, 0) is 62.1 Å². The van der Waals surface area contributed by atoms with Gasteiger partial charge in [0.25, 0.3) is 5.91 Å². The van der Waals surface area contributed by atoms with E-state index in [1.165, 1.54) is 0 Å². The van der Waals surface area contributed by atoms with Crippen LogP contribution in [0, 0.1) is 6.92 Å². The minimum absolute atomic E-state index is 0. The molecule has 6 nitrogen and oxygen atoms in total. The maximum atomic E-state index is 11.8. The van der Waals surface area contributed by atoms with E-state index in [9.17, 15) is 4.79 Å². The summed E-state index contributed by atoms with van der Waals surface area (Å²) in [5, 5.41) is 9.29. The Labute approximate surface area is 196 Å². The summed E-state index contributed by atoms with van der Waals surface area (Å²) in [6.45, 7) is 8.86. The van der Waals surface area contributed by atoms with Crippen LogP contribution in [0.3, 0.4) is 0 Å². The lowest BCUT2D eigenvalue weighted by molar-refractivity contribution is 0.0963. The summed E-state index contributed by atoms with van der Waals surface area (Å²) in [4.78, 5) is 16.5. The molecule has 1 amide bonds. The van der Waals surface area contributed by atoms with Crippen LogP contribution in [0.2, 0.25) is 0 Å². The Hall–Kier alpha value is -2.29. The number of guanidine groups is 1. The summed E-state index contributed by atoms with van der Waals surface area (Å²) in [5.74, 6) is 1.63. The van der Waals surface area contributed by atoms with E-state index in [1.54, 1.807) is 7.05 Å². The predicted octanol–water partition coefficient (Wildman–Crippen LogP) is 3.67. The average molecular weight is 524 g/mol. The molecule has 0 aliphatic rings. The van der Waals surface area contributed by atoms with E-state index in [4.69, 9.17) is 4.74 Å². The number of amides is 1. The van der Waals surface area contributed by atoms with Crippen molar-refractivity contribution in [1.82, 2.24) is 16.0 Å². The van der Waals surface area contributed by atoms with Gasteiger partial charge in [-0.3, -0.25) is 4.79 Å². The molecule has 0 aliphatic carbocycles. The zero-order chi connectivity index (χ0) is 21.1. The fraction of sp³-hybridized carbons (Fsp3) is 0.391. The van der Waals surface area contributed by atoms with E-state index in [1.807, 2.05) is 44.2 Å². The number of carbonyl (C=O) groups excluding carboxylic acids is 1. The average Bonchev–Trinajstić information content (AvgIpc) is 2.73. The SMILES string of the molecule is CCNC(=NCc1ccc(OCC)c(C)c1)NCCc1cccc(C(=O)NC)c1.I. The Morgan fingerprint density at radius 3 is 2.53 bits per heavy atom. The van der Waals surface area contributed by atoms with Crippen molar-refractivity contribution in [2.24, 2.45) is 4.99 Å². The molecule has 0 spiro atoms. The number of nitrogens with zero attached hydrogens (tertiary/aromatic N) is 1. The lowest BCUT2D eigenvalue weighted by Gasteiger charge is -2.12. The maximum Gasteiger partial charge on any atom is 0.251 e. The molecule has 0 aliphatic heterocycles. The van der Waals surface area contributed by atoms with E-state index in [-0.39, 0.29) is 29.9 Å². The highest BCUT2D eigenvalue weighted by molar-refractivity contribution is 14.0. The second-order valence-corrected chi connectivity index (χ2v) is 6.68. The Kier molecular flexibility index (Phi) is 11.9. The van der Waals surface area contributed by atoms with Crippen molar-refractivity contribution in [3.63, 3.8) is 0 Å². The fourth-order valence-corrected chi connectivity index (χ4v) is 2.98. The van der Waals surface area contributed by atoms with Gasteiger partial charge < -0.3 is 20.7 Å². The first-order chi connectivity index (χ1) is 14.1. The van der Waals surface area contributed by atoms with Gasteiger partial charge in [-0.25, -0.2) is 4.99 Å². The van der Waals surface area contributed by atoms with Crippen molar-refractivity contribution in [3.05, 3.63) is 64.7 Å². The van der Waals surface area contributed by atoms with Crippen molar-refractivity contribution in [2.45, 2.75) is 33.7 Å². The van der Waals surface area contributed by atoms with Gasteiger partial charge in [0.2, 0.25) is 0 Å². The lowest BCUT2D eigenvalue weighted by Crippen LogP contribution is -2.38. The third kappa shape index (κ3) is 8.22. The molecular weight excluding hydrogens is 491 g/mol. The molecule has 0 aromatic heterocycles. The number of hydrogen-bond acceptors (Lipinski definition) is 3. The predicted molar refractivity (Wildman–Crippen MR) is 134 cm³/mol. The molecule has 0 atom stereocenters. The number of ether oxygens (including phenoxy) is 1. The van der Waals surface area contributed by atoms with Crippen molar-refractivity contribution < 1.29 is 9.53 Å². The monoisotopic (exact) mass is 524 g/mol. The number of aryl methyl sites for hydroxylation is 1. The van der Waals surface area contributed by atoms with E-state index < -0.39 is 0 Å². The molecule has 0 heterocycles. The summed E-state index contributed by atoms with van der Waals surface area (Å²) >= 11 is 0. The molecule has 0 saturated carbocycles. The zero-order valence-corrected chi connectivity index (χ0v) is 20.6. The summed E-state index contributed by atoms with van der Waals surface area (Å²) in [5.41, 5.74) is 4.04. The first-order valence-corrected chi connectivity index (χ1v) is 10.1. The Bertz CT molecular complexity index is 840. The van der Waals surface area contributed by atoms with Crippen molar-refractivity contribution in [2.75, 3.05) is 26.7 Å². The van der Waals surface area contributed by atoms with Gasteiger partial charge >= 0.3 is 0 Å². The van der Waals surface area contributed by atoms with E-state index >= 15 is 0 Å². The van der Waals surface area contributed by atoms with Gasteiger partial charge in [0.05, 0.1) is 13.2 Å². The molecule has 2 aromatic rings. The third-order valence-corrected chi connectivity index (χ3v) is 4.43. The van der Waals surface area contributed by atoms with Crippen LogP contribution in [0.4, 0.5) is 0 Å². The number of nitrogens with one attached hydrogen (secondary N) is 3. The molecular formula is C23H33IN4O2. The van der Waals surface area contributed by atoms with Gasteiger partial charge in [0.1, 0.15) is 5.75 Å². The molecule has 0 saturated heterocycles. The molecule has 2 rings (SSSR count). The largest absolute Gasteiger partial charge is 0.494 e. The topological polar surface area (TPSA) is 74.8 Å². The smallest absolute Gasteiger partial charge is 0.251 e. The van der Waals surface area contributed by atoms with Crippen LogP contribution >= 0.6 is 24.0 Å². The number of carbonyl (C=O) groups is 1. The van der Waals surface area contributed by atoms with E-state index in [0.717, 1.165) is 47.9 Å². The normalized spacial score (nSPS) is 10.7.